The number of anilines is 2. The number of nitrogens with zero attached hydrogens (tertiary/aromatic N) is 2. The number of H-pyrrole nitrogens is 1. The van der Waals surface area contributed by atoms with E-state index in [0.29, 0.717) is 16.9 Å². The van der Waals surface area contributed by atoms with Crippen LogP contribution in [0.1, 0.15) is 23.1 Å². The Kier molecular flexibility index (Phi) is 3.21. The molecule has 1 atom stereocenters. The number of carbonyl (C=O) groups is 2. The van der Waals surface area contributed by atoms with Crippen LogP contribution in [0.5, 0.6) is 0 Å². The summed E-state index contributed by atoms with van der Waals surface area (Å²) in [6, 6.07) is 13.6. The molecule has 1 unspecified atom stereocenters. The van der Waals surface area contributed by atoms with Gasteiger partial charge in [-0.2, -0.15) is 5.10 Å². The first kappa shape index (κ1) is 15.7. The minimum Gasteiger partial charge on any atom is -0.311 e. The maximum atomic E-state index is 13.6. The average molecular weight is 362 g/mol. The van der Waals surface area contributed by atoms with Crippen molar-refractivity contribution in [2.75, 3.05) is 10.2 Å². The molecule has 27 heavy (non-hydrogen) atoms. The molecule has 0 saturated carbocycles. The highest BCUT2D eigenvalue weighted by molar-refractivity contribution is 6.15. The number of hydrogen-bond donors (Lipinski definition) is 2. The first-order valence-corrected chi connectivity index (χ1v) is 8.59. The standard InChI is InChI=1S/C20H15FN4O2/c21-13-5-3-4-12(8-13)11-25-16-7-2-1-6-14(16)20(19(25)27)9-17(26)23-18-15(20)10-22-24-18/h1-8,10H,9,11H2,(H2,22,23,24,26). The Hall–Kier alpha value is -3.48. The minimum atomic E-state index is -1.12. The lowest BCUT2D eigenvalue weighted by atomic mass is 9.72. The molecule has 134 valence electrons. The van der Waals surface area contributed by atoms with Crippen LogP contribution in [0.4, 0.5) is 15.9 Å². The molecule has 2 aliphatic rings. The normalized spacial score (nSPS) is 20.6. The summed E-state index contributed by atoms with van der Waals surface area (Å²) in [5, 5.41) is 9.52. The zero-order chi connectivity index (χ0) is 18.6. The maximum absolute atomic E-state index is 13.6. The molecule has 0 aliphatic carbocycles. The van der Waals surface area contributed by atoms with Gasteiger partial charge in [0.2, 0.25) is 11.8 Å². The number of aromatic amines is 1. The second-order valence-corrected chi connectivity index (χ2v) is 6.83. The molecule has 1 spiro atoms. The second kappa shape index (κ2) is 5.51. The van der Waals surface area contributed by atoms with Gasteiger partial charge in [0, 0.05) is 17.7 Å². The number of benzene rings is 2. The van der Waals surface area contributed by atoms with Crippen molar-refractivity contribution in [1.82, 2.24) is 10.2 Å². The van der Waals surface area contributed by atoms with Crippen molar-refractivity contribution < 1.29 is 14.0 Å². The Labute approximate surface area is 154 Å². The lowest BCUT2D eigenvalue weighted by Gasteiger charge is -2.31. The SMILES string of the molecule is O=C1CC2(C(=O)N(Cc3cccc(F)c3)c3ccccc32)c2cn[nH]c2N1. The molecule has 2 aliphatic heterocycles. The van der Waals surface area contributed by atoms with Crippen LogP contribution in [0.25, 0.3) is 0 Å². The van der Waals surface area contributed by atoms with Gasteiger partial charge in [0.15, 0.2) is 0 Å². The van der Waals surface area contributed by atoms with Gasteiger partial charge in [-0.25, -0.2) is 4.39 Å². The fourth-order valence-corrected chi connectivity index (χ4v) is 4.16. The Bertz CT molecular complexity index is 1090. The van der Waals surface area contributed by atoms with Crippen molar-refractivity contribution in [3.8, 4) is 0 Å². The zero-order valence-electron chi connectivity index (χ0n) is 14.2. The van der Waals surface area contributed by atoms with Crippen LogP contribution in [0.2, 0.25) is 0 Å². The van der Waals surface area contributed by atoms with Crippen LogP contribution < -0.4 is 10.2 Å². The van der Waals surface area contributed by atoms with Crippen molar-refractivity contribution in [2.45, 2.75) is 18.4 Å². The topological polar surface area (TPSA) is 78.1 Å². The minimum absolute atomic E-state index is 0.00896. The molecule has 0 bridgehead atoms. The van der Waals surface area contributed by atoms with Gasteiger partial charge in [0.1, 0.15) is 17.1 Å². The van der Waals surface area contributed by atoms with Gasteiger partial charge in [-0.15, -0.1) is 0 Å². The first-order chi connectivity index (χ1) is 13.1. The third-order valence-electron chi connectivity index (χ3n) is 5.28. The van der Waals surface area contributed by atoms with Gasteiger partial charge < -0.3 is 10.2 Å². The largest absolute Gasteiger partial charge is 0.311 e. The van der Waals surface area contributed by atoms with E-state index in [1.165, 1.54) is 12.1 Å². The van der Waals surface area contributed by atoms with E-state index in [0.717, 1.165) is 11.3 Å². The van der Waals surface area contributed by atoms with Gasteiger partial charge >= 0.3 is 0 Å². The monoisotopic (exact) mass is 362 g/mol. The van der Waals surface area contributed by atoms with Crippen molar-refractivity contribution in [3.63, 3.8) is 0 Å². The van der Waals surface area contributed by atoms with E-state index in [1.54, 1.807) is 23.2 Å². The first-order valence-electron chi connectivity index (χ1n) is 8.59. The molecule has 1 aromatic heterocycles. The van der Waals surface area contributed by atoms with Crippen LogP contribution >= 0.6 is 0 Å². The third-order valence-corrected chi connectivity index (χ3v) is 5.28. The number of carbonyl (C=O) groups excluding carboxylic acids is 2. The van der Waals surface area contributed by atoms with Crippen molar-refractivity contribution >= 4 is 23.3 Å². The van der Waals surface area contributed by atoms with Crippen molar-refractivity contribution in [2.24, 2.45) is 0 Å². The fourth-order valence-electron chi connectivity index (χ4n) is 4.16. The molecule has 7 heteroatoms. The molecule has 0 radical (unpaired) electrons. The molecule has 0 saturated heterocycles. The van der Waals surface area contributed by atoms with Crippen LogP contribution in [0.3, 0.4) is 0 Å². The summed E-state index contributed by atoms with van der Waals surface area (Å²) in [7, 11) is 0. The van der Waals surface area contributed by atoms with Crippen LogP contribution in [-0.2, 0) is 21.5 Å². The molecule has 2 amide bonds. The number of halogens is 1. The highest BCUT2D eigenvalue weighted by Crippen LogP contribution is 2.51. The smallest absolute Gasteiger partial charge is 0.243 e. The predicted octanol–water partition coefficient (Wildman–Crippen LogP) is 2.72. The quantitative estimate of drug-likeness (QED) is 0.736. The Balaban J connectivity index is 1.68. The van der Waals surface area contributed by atoms with E-state index in [9.17, 15) is 14.0 Å². The summed E-state index contributed by atoms with van der Waals surface area (Å²) in [4.78, 5) is 27.6. The van der Waals surface area contributed by atoms with Gasteiger partial charge in [0.25, 0.3) is 0 Å². The van der Waals surface area contributed by atoms with E-state index in [1.807, 2.05) is 24.3 Å². The Morgan fingerprint density at radius 2 is 1.96 bits per heavy atom. The zero-order valence-corrected chi connectivity index (χ0v) is 14.2. The van der Waals surface area contributed by atoms with Crippen molar-refractivity contribution in [1.29, 1.82) is 0 Å². The average Bonchev–Trinajstić information content (AvgIpc) is 3.21. The molecule has 6 nitrogen and oxygen atoms in total. The van der Waals surface area contributed by atoms with Gasteiger partial charge in [-0.05, 0) is 29.3 Å². The van der Waals surface area contributed by atoms with Crippen LogP contribution in [-0.4, -0.2) is 22.0 Å². The van der Waals surface area contributed by atoms with Crippen LogP contribution in [0.15, 0.2) is 54.7 Å². The van der Waals surface area contributed by atoms with E-state index in [4.69, 9.17) is 0 Å². The Morgan fingerprint density at radius 1 is 1.11 bits per heavy atom. The Morgan fingerprint density at radius 3 is 2.81 bits per heavy atom. The maximum Gasteiger partial charge on any atom is 0.243 e. The fraction of sp³-hybridized carbons (Fsp3) is 0.150. The summed E-state index contributed by atoms with van der Waals surface area (Å²) in [5.74, 6) is -0.355. The summed E-state index contributed by atoms with van der Waals surface area (Å²) in [6.45, 7) is 0.226. The molecule has 0 fully saturated rings. The summed E-state index contributed by atoms with van der Waals surface area (Å²) in [5.41, 5.74) is 1.72. The van der Waals surface area contributed by atoms with E-state index < -0.39 is 5.41 Å². The van der Waals surface area contributed by atoms with Crippen molar-refractivity contribution in [3.05, 3.63) is 77.2 Å². The lowest BCUT2D eigenvalue weighted by Crippen LogP contribution is -2.46. The molecule has 3 aromatic rings. The summed E-state index contributed by atoms with van der Waals surface area (Å²) in [6.07, 6.45) is 1.60. The number of rotatable bonds is 2. The number of fused-ring (bicyclic) bond motifs is 4. The summed E-state index contributed by atoms with van der Waals surface area (Å²) < 4.78 is 13.6. The predicted molar refractivity (Wildman–Crippen MR) is 96.6 cm³/mol. The molecular weight excluding hydrogens is 347 g/mol. The van der Waals surface area contributed by atoms with Crippen LogP contribution in [0, 0.1) is 5.82 Å². The summed E-state index contributed by atoms with van der Waals surface area (Å²) >= 11 is 0. The highest BCUT2D eigenvalue weighted by Gasteiger charge is 2.56. The van der Waals surface area contributed by atoms with E-state index in [2.05, 4.69) is 15.5 Å². The van der Waals surface area contributed by atoms with E-state index >= 15 is 0 Å². The van der Waals surface area contributed by atoms with Gasteiger partial charge in [-0.1, -0.05) is 30.3 Å². The van der Waals surface area contributed by atoms with Gasteiger partial charge in [-0.3, -0.25) is 14.7 Å². The molecule has 5 rings (SSSR count). The number of nitrogens with one attached hydrogen (secondary N) is 2. The highest BCUT2D eigenvalue weighted by atomic mass is 19.1. The van der Waals surface area contributed by atoms with Gasteiger partial charge in [0.05, 0.1) is 12.7 Å². The number of aromatic nitrogens is 2. The second-order valence-electron chi connectivity index (χ2n) is 6.83. The lowest BCUT2D eigenvalue weighted by molar-refractivity contribution is -0.126. The molecule has 2 N–H and O–H groups in total. The number of para-hydroxylation sites is 1. The number of amides is 2. The molecule has 3 heterocycles. The third kappa shape index (κ3) is 2.14. The van der Waals surface area contributed by atoms with E-state index in [-0.39, 0.29) is 30.6 Å². The molecule has 2 aromatic carbocycles. The molecular formula is C20H15FN4O2. The number of hydrogen-bond acceptors (Lipinski definition) is 3.